The SMILES string of the molecule is Cc1ccsc1CNc1ccccc1Cl. The van der Waals surface area contributed by atoms with Crippen LogP contribution < -0.4 is 5.32 Å². The fourth-order valence-corrected chi connectivity index (χ4v) is 2.41. The Hall–Kier alpha value is -0.990. The van der Waals surface area contributed by atoms with E-state index in [0.29, 0.717) is 0 Å². The summed E-state index contributed by atoms with van der Waals surface area (Å²) in [5, 5.41) is 6.21. The van der Waals surface area contributed by atoms with Crippen molar-refractivity contribution in [3.63, 3.8) is 0 Å². The van der Waals surface area contributed by atoms with Crippen LogP contribution in [0.3, 0.4) is 0 Å². The summed E-state index contributed by atoms with van der Waals surface area (Å²) in [5.74, 6) is 0. The molecule has 0 bridgehead atoms. The first kappa shape index (κ1) is 10.5. The number of hydrogen-bond donors (Lipinski definition) is 1. The van der Waals surface area contributed by atoms with Crippen molar-refractivity contribution >= 4 is 28.6 Å². The zero-order valence-electron chi connectivity index (χ0n) is 8.46. The number of anilines is 1. The molecule has 0 saturated carbocycles. The quantitative estimate of drug-likeness (QED) is 0.838. The molecule has 2 rings (SSSR count). The molecular weight excluding hydrogens is 226 g/mol. The first-order valence-electron chi connectivity index (χ1n) is 4.79. The van der Waals surface area contributed by atoms with Gasteiger partial charge in [-0.1, -0.05) is 23.7 Å². The first-order valence-corrected chi connectivity index (χ1v) is 6.04. The minimum absolute atomic E-state index is 0.770. The third kappa shape index (κ3) is 2.52. The molecule has 0 saturated heterocycles. The summed E-state index contributed by atoms with van der Waals surface area (Å²) in [6, 6.07) is 9.93. The van der Waals surface area contributed by atoms with Gasteiger partial charge < -0.3 is 5.32 Å². The van der Waals surface area contributed by atoms with Gasteiger partial charge in [0.25, 0.3) is 0 Å². The van der Waals surface area contributed by atoms with Gasteiger partial charge in [0.05, 0.1) is 10.7 Å². The van der Waals surface area contributed by atoms with Crippen molar-refractivity contribution in [3.05, 3.63) is 51.2 Å². The Balaban J connectivity index is 2.06. The average molecular weight is 238 g/mol. The number of halogens is 1. The maximum Gasteiger partial charge on any atom is 0.0637 e. The Labute approximate surface area is 98.7 Å². The van der Waals surface area contributed by atoms with E-state index in [9.17, 15) is 0 Å². The highest BCUT2D eigenvalue weighted by Gasteiger charge is 2.01. The molecular formula is C12H12ClNS. The number of aryl methyl sites for hydroxylation is 1. The van der Waals surface area contributed by atoms with E-state index in [4.69, 9.17) is 11.6 Å². The van der Waals surface area contributed by atoms with Gasteiger partial charge in [-0.15, -0.1) is 11.3 Å². The van der Waals surface area contributed by atoms with Crippen LogP contribution in [0.25, 0.3) is 0 Å². The van der Waals surface area contributed by atoms with Crippen LogP contribution in [0.15, 0.2) is 35.7 Å². The molecule has 0 spiro atoms. The molecule has 0 fully saturated rings. The van der Waals surface area contributed by atoms with Crippen molar-refractivity contribution in [2.24, 2.45) is 0 Å². The monoisotopic (exact) mass is 237 g/mol. The lowest BCUT2D eigenvalue weighted by atomic mass is 10.2. The third-order valence-electron chi connectivity index (χ3n) is 2.28. The van der Waals surface area contributed by atoms with E-state index in [2.05, 4.69) is 23.7 Å². The second-order valence-electron chi connectivity index (χ2n) is 3.36. The molecule has 2 aromatic rings. The van der Waals surface area contributed by atoms with E-state index in [1.54, 1.807) is 11.3 Å². The van der Waals surface area contributed by atoms with Crippen molar-refractivity contribution in [2.75, 3.05) is 5.32 Å². The van der Waals surface area contributed by atoms with Gasteiger partial charge in [-0.2, -0.15) is 0 Å². The Morgan fingerprint density at radius 3 is 2.73 bits per heavy atom. The molecule has 0 unspecified atom stereocenters. The normalized spacial score (nSPS) is 10.3. The third-order valence-corrected chi connectivity index (χ3v) is 3.63. The van der Waals surface area contributed by atoms with E-state index in [1.165, 1.54) is 10.4 Å². The standard InChI is InChI=1S/C12H12ClNS/c1-9-6-7-15-12(9)8-14-11-5-3-2-4-10(11)13/h2-7,14H,8H2,1H3. The molecule has 0 aliphatic carbocycles. The molecule has 0 atom stereocenters. The smallest absolute Gasteiger partial charge is 0.0637 e. The van der Waals surface area contributed by atoms with Crippen LogP contribution >= 0.6 is 22.9 Å². The highest BCUT2D eigenvalue weighted by atomic mass is 35.5. The van der Waals surface area contributed by atoms with Crippen LogP contribution in [0.5, 0.6) is 0 Å². The summed E-state index contributed by atoms with van der Waals surface area (Å²) in [5.41, 5.74) is 2.33. The number of hydrogen-bond acceptors (Lipinski definition) is 2. The molecule has 15 heavy (non-hydrogen) atoms. The fourth-order valence-electron chi connectivity index (χ4n) is 1.37. The number of benzene rings is 1. The van der Waals surface area contributed by atoms with E-state index in [0.717, 1.165) is 17.3 Å². The van der Waals surface area contributed by atoms with E-state index >= 15 is 0 Å². The summed E-state index contributed by atoms with van der Waals surface area (Å²) in [7, 11) is 0. The molecule has 0 aliphatic rings. The van der Waals surface area contributed by atoms with Gasteiger partial charge in [0, 0.05) is 11.4 Å². The maximum absolute atomic E-state index is 6.05. The van der Waals surface area contributed by atoms with Gasteiger partial charge in [0.15, 0.2) is 0 Å². The topological polar surface area (TPSA) is 12.0 Å². The molecule has 78 valence electrons. The zero-order valence-corrected chi connectivity index (χ0v) is 10.0. The molecule has 1 aromatic carbocycles. The molecule has 1 N–H and O–H groups in total. The van der Waals surface area contributed by atoms with Crippen molar-refractivity contribution in [3.8, 4) is 0 Å². The van der Waals surface area contributed by atoms with Crippen molar-refractivity contribution in [1.29, 1.82) is 0 Å². The summed E-state index contributed by atoms with van der Waals surface area (Å²) in [6.07, 6.45) is 0. The predicted octanol–water partition coefficient (Wildman–Crippen LogP) is 4.32. The average Bonchev–Trinajstić information content (AvgIpc) is 2.63. The lowest BCUT2D eigenvalue weighted by molar-refractivity contribution is 1.17. The summed E-state index contributed by atoms with van der Waals surface area (Å²) < 4.78 is 0. The number of rotatable bonds is 3. The molecule has 0 aliphatic heterocycles. The van der Waals surface area contributed by atoms with Crippen molar-refractivity contribution in [1.82, 2.24) is 0 Å². The van der Waals surface area contributed by atoms with Crippen LogP contribution in [-0.4, -0.2) is 0 Å². The zero-order chi connectivity index (χ0) is 10.7. The Bertz CT molecular complexity index is 450. The lowest BCUT2D eigenvalue weighted by Gasteiger charge is -2.07. The number of nitrogens with one attached hydrogen (secondary N) is 1. The molecule has 3 heteroatoms. The Morgan fingerprint density at radius 1 is 1.27 bits per heavy atom. The second kappa shape index (κ2) is 4.69. The van der Waals surface area contributed by atoms with Gasteiger partial charge in [0.2, 0.25) is 0 Å². The van der Waals surface area contributed by atoms with Crippen LogP contribution in [0, 0.1) is 6.92 Å². The first-order chi connectivity index (χ1) is 7.27. The minimum atomic E-state index is 0.770. The van der Waals surface area contributed by atoms with E-state index < -0.39 is 0 Å². The van der Waals surface area contributed by atoms with Crippen LogP contribution in [0.2, 0.25) is 5.02 Å². The largest absolute Gasteiger partial charge is 0.379 e. The van der Waals surface area contributed by atoms with E-state index in [-0.39, 0.29) is 0 Å². The lowest BCUT2D eigenvalue weighted by Crippen LogP contribution is -1.98. The molecule has 1 aromatic heterocycles. The summed E-state index contributed by atoms with van der Waals surface area (Å²) in [4.78, 5) is 1.36. The number of thiophene rings is 1. The van der Waals surface area contributed by atoms with Crippen molar-refractivity contribution in [2.45, 2.75) is 13.5 Å². The minimum Gasteiger partial charge on any atom is -0.379 e. The van der Waals surface area contributed by atoms with Crippen LogP contribution in [-0.2, 0) is 6.54 Å². The van der Waals surface area contributed by atoms with E-state index in [1.807, 2.05) is 24.3 Å². The van der Waals surface area contributed by atoms with Gasteiger partial charge in [-0.25, -0.2) is 0 Å². The molecule has 1 nitrogen and oxygen atoms in total. The highest BCUT2D eigenvalue weighted by Crippen LogP contribution is 2.23. The number of para-hydroxylation sites is 1. The van der Waals surface area contributed by atoms with Gasteiger partial charge >= 0.3 is 0 Å². The van der Waals surface area contributed by atoms with Gasteiger partial charge in [-0.05, 0) is 36.1 Å². The van der Waals surface area contributed by atoms with Crippen LogP contribution in [0.1, 0.15) is 10.4 Å². The maximum atomic E-state index is 6.05. The molecule has 0 amide bonds. The van der Waals surface area contributed by atoms with Gasteiger partial charge in [0.1, 0.15) is 0 Å². The van der Waals surface area contributed by atoms with Gasteiger partial charge in [-0.3, -0.25) is 0 Å². The van der Waals surface area contributed by atoms with Crippen molar-refractivity contribution < 1.29 is 0 Å². The Morgan fingerprint density at radius 2 is 2.07 bits per heavy atom. The van der Waals surface area contributed by atoms with Crippen LogP contribution in [0.4, 0.5) is 5.69 Å². The second-order valence-corrected chi connectivity index (χ2v) is 4.77. The fraction of sp³-hybridized carbons (Fsp3) is 0.167. The Kier molecular flexibility index (Phi) is 3.29. The summed E-state index contributed by atoms with van der Waals surface area (Å²) >= 11 is 7.81. The summed E-state index contributed by atoms with van der Waals surface area (Å²) in [6.45, 7) is 2.97. The highest BCUT2D eigenvalue weighted by molar-refractivity contribution is 7.10. The predicted molar refractivity (Wildman–Crippen MR) is 67.8 cm³/mol. The molecule has 0 radical (unpaired) electrons. The molecule has 1 heterocycles.